The molecule has 3 aliphatic rings. The first-order valence-corrected chi connectivity index (χ1v) is 14.8. The van der Waals surface area contributed by atoms with Crippen LogP contribution in [-0.2, 0) is 19.2 Å². The number of carbonyl (C=O) groups is 5. The van der Waals surface area contributed by atoms with Crippen LogP contribution in [0.4, 0.5) is 4.39 Å². The molecule has 4 amide bonds. The van der Waals surface area contributed by atoms with Crippen molar-refractivity contribution in [2.45, 2.75) is 65.6 Å². The van der Waals surface area contributed by atoms with Crippen LogP contribution in [0.25, 0.3) is 10.9 Å². The zero-order valence-corrected chi connectivity index (χ0v) is 25.3. The van der Waals surface area contributed by atoms with Crippen molar-refractivity contribution in [3.8, 4) is 0 Å². The predicted molar refractivity (Wildman–Crippen MR) is 158 cm³/mol. The summed E-state index contributed by atoms with van der Waals surface area (Å²) in [5.74, 6) is -2.91. The molecule has 4 N–H and O–H groups in total. The van der Waals surface area contributed by atoms with Gasteiger partial charge in [-0.05, 0) is 59.8 Å². The second-order valence-corrected chi connectivity index (χ2v) is 13.7. The Morgan fingerprint density at radius 2 is 1.93 bits per heavy atom. The van der Waals surface area contributed by atoms with Gasteiger partial charge >= 0.3 is 0 Å². The second kappa shape index (κ2) is 10.9. The van der Waals surface area contributed by atoms with Crippen LogP contribution >= 0.6 is 0 Å². The summed E-state index contributed by atoms with van der Waals surface area (Å²) in [5.41, 5.74) is -0.341. The van der Waals surface area contributed by atoms with Crippen molar-refractivity contribution in [1.29, 1.82) is 0 Å². The average Bonchev–Trinajstić information content (AvgIpc) is 3.46. The molecule has 3 fully saturated rings. The molecule has 1 aromatic carbocycles. The Morgan fingerprint density at radius 3 is 2.53 bits per heavy atom. The number of carbonyl (C=O) groups excluding carboxylic acids is 5. The lowest BCUT2D eigenvalue weighted by Crippen LogP contribution is -2.60. The zero-order valence-electron chi connectivity index (χ0n) is 25.3. The van der Waals surface area contributed by atoms with E-state index >= 15 is 0 Å². The van der Waals surface area contributed by atoms with Crippen LogP contribution in [0.2, 0.25) is 0 Å². The molecule has 0 spiro atoms. The highest BCUT2D eigenvalue weighted by Crippen LogP contribution is 2.65. The van der Waals surface area contributed by atoms with Crippen molar-refractivity contribution >= 4 is 40.3 Å². The highest BCUT2D eigenvalue weighted by molar-refractivity contribution is 6.02. The monoisotopic (exact) mass is 593 g/mol. The van der Waals surface area contributed by atoms with Crippen LogP contribution in [0.1, 0.15) is 57.9 Å². The van der Waals surface area contributed by atoms with Crippen molar-refractivity contribution in [1.82, 2.24) is 25.8 Å². The number of nitrogens with one attached hydrogen (secondary N) is 4. The van der Waals surface area contributed by atoms with E-state index in [9.17, 15) is 28.4 Å². The summed E-state index contributed by atoms with van der Waals surface area (Å²) in [7, 11) is 0. The second-order valence-electron chi connectivity index (χ2n) is 13.7. The molecule has 0 unspecified atom stereocenters. The molecule has 2 aromatic rings. The normalized spacial score (nSPS) is 25.4. The number of aromatic nitrogens is 1. The van der Waals surface area contributed by atoms with Crippen LogP contribution < -0.4 is 16.0 Å². The third kappa shape index (κ3) is 5.57. The van der Waals surface area contributed by atoms with Gasteiger partial charge in [0.15, 0.2) is 5.78 Å². The number of ketones is 1. The number of nitrogens with zero attached hydrogens (tertiary/aromatic N) is 1. The van der Waals surface area contributed by atoms with E-state index in [1.165, 1.54) is 17.0 Å². The number of hydrogen-bond acceptors (Lipinski definition) is 5. The molecule has 0 radical (unpaired) electrons. The maximum Gasteiger partial charge on any atom is 0.268 e. The quantitative estimate of drug-likeness (QED) is 0.331. The van der Waals surface area contributed by atoms with Gasteiger partial charge in [0.2, 0.25) is 17.7 Å². The molecule has 0 bridgehead atoms. The summed E-state index contributed by atoms with van der Waals surface area (Å²) < 4.78 is 14.3. The molecule has 2 saturated heterocycles. The minimum Gasteiger partial charge on any atom is -0.356 e. The third-order valence-electron chi connectivity index (χ3n) is 9.55. The van der Waals surface area contributed by atoms with Gasteiger partial charge in [0.1, 0.15) is 23.6 Å². The van der Waals surface area contributed by atoms with E-state index in [0.29, 0.717) is 25.0 Å². The fraction of sp³-hybridized carbons (Fsp3) is 0.531. The number of likely N-dealkylation sites (tertiary alicyclic amines) is 1. The summed E-state index contributed by atoms with van der Waals surface area (Å²) >= 11 is 0. The predicted octanol–water partition coefficient (Wildman–Crippen LogP) is 2.70. The molecular formula is C32H40FN5O5. The van der Waals surface area contributed by atoms with Gasteiger partial charge < -0.3 is 25.8 Å². The van der Waals surface area contributed by atoms with Crippen LogP contribution in [0.3, 0.4) is 0 Å². The van der Waals surface area contributed by atoms with Crippen molar-refractivity contribution in [3.05, 3.63) is 48.4 Å². The topological polar surface area (TPSA) is 140 Å². The zero-order chi connectivity index (χ0) is 31.4. The molecule has 1 saturated carbocycles. The first kappa shape index (κ1) is 30.4. The number of amides is 4. The van der Waals surface area contributed by atoms with E-state index in [1.54, 1.807) is 12.1 Å². The smallest absolute Gasteiger partial charge is 0.268 e. The minimum atomic E-state index is -1.00. The van der Waals surface area contributed by atoms with Gasteiger partial charge in [0.25, 0.3) is 5.91 Å². The summed E-state index contributed by atoms with van der Waals surface area (Å²) in [6.07, 6.45) is 1.85. The van der Waals surface area contributed by atoms with Crippen molar-refractivity contribution in [2.75, 3.05) is 13.1 Å². The number of piperidine rings is 1. The lowest BCUT2D eigenvalue weighted by atomic mass is 9.85. The first-order chi connectivity index (χ1) is 20.1. The van der Waals surface area contributed by atoms with Gasteiger partial charge in [0, 0.05) is 29.9 Å². The minimum absolute atomic E-state index is 0.0781. The number of aromatic amines is 1. The average molecular weight is 594 g/mol. The van der Waals surface area contributed by atoms with E-state index in [-0.39, 0.29) is 40.7 Å². The highest BCUT2D eigenvalue weighted by atomic mass is 19.1. The van der Waals surface area contributed by atoms with Crippen LogP contribution in [0.5, 0.6) is 0 Å². The van der Waals surface area contributed by atoms with Gasteiger partial charge in [-0.15, -0.1) is 0 Å². The molecule has 230 valence electrons. The molecule has 1 aliphatic carbocycles. The summed E-state index contributed by atoms with van der Waals surface area (Å²) in [5, 5.41) is 8.70. The molecular weight excluding hydrogens is 553 g/mol. The fourth-order valence-electron chi connectivity index (χ4n) is 6.88. The summed E-state index contributed by atoms with van der Waals surface area (Å²) in [4.78, 5) is 70.8. The van der Waals surface area contributed by atoms with Gasteiger partial charge in [-0.3, -0.25) is 24.0 Å². The number of hydrogen-bond donors (Lipinski definition) is 4. The van der Waals surface area contributed by atoms with E-state index in [1.807, 2.05) is 20.8 Å². The highest BCUT2D eigenvalue weighted by Gasteiger charge is 2.69. The van der Waals surface area contributed by atoms with E-state index in [0.717, 1.165) is 6.08 Å². The SMILES string of the molecule is C=CC(=O)[C@H](C[C@@H]1CCNC1=O)NC(=O)[C@@H]1[C@@H]2[C@H](CN1C(=O)[C@@H](NC(=O)c1cc3c(F)cccc3[nH]1)C(C)(C)C)C2(C)C. The van der Waals surface area contributed by atoms with Crippen molar-refractivity contribution in [2.24, 2.45) is 28.6 Å². The van der Waals surface area contributed by atoms with E-state index in [2.05, 4.69) is 41.4 Å². The first-order valence-electron chi connectivity index (χ1n) is 14.8. The van der Waals surface area contributed by atoms with E-state index in [4.69, 9.17) is 0 Å². The Bertz CT molecular complexity index is 1510. The number of fused-ring (bicyclic) bond motifs is 2. The molecule has 10 nitrogen and oxygen atoms in total. The van der Waals surface area contributed by atoms with Gasteiger partial charge in [-0.1, -0.05) is 47.3 Å². The summed E-state index contributed by atoms with van der Waals surface area (Å²) in [6, 6.07) is 3.12. The van der Waals surface area contributed by atoms with Crippen LogP contribution in [-0.4, -0.2) is 70.5 Å². The standard InChI is InChI=1S/C32H40FN5O5/c1-7-23(39)21(13-16-11-12-34-27(16)40)36-29(42)25-24-18(32(24,5)6)15-38(25)30(43)26(31(2,3)4)37-28(41)22-14-17-19(33)9-8-10-20(17)35-22/h7-10,14,16,18,21,24-26,35H,1,11-13,15H2,2-6H3,(H,34,40)(H,36,42)(H,37,41)/t16-,18-,21-,24-,25-,26+/m0/s1. The Labute approximate surface area is 250 Å². The molecule has 11 heteroatoms. The molecule has 5 rings (SSSR count). The molecule has 43 heavy (non-hydrogen) atoms. The number of halogens is 1. The molecule has 2 aliphatic heterocycles. The molecule has 6 atom stereocenters. The largest absolute Gasteiger partial charge is 0.356 e. The van der Waals surface area contributed by atoms with Crippen LogP contribution in [0, 0.1) is 34.4 Å². The van der Waals surface area contributed by atoms with Crippen molar-refractivity contribution in [3.63, 3.8) is 0 Å². The number of benzene rings is 1. The fourth-order valence-corrected chi connectivity index (χ4v) is 6.88. The molecule has 1 aromatic heterocycles. The van der Waals surface area contributed by atoms with Gasteiger partial charge in [-0.25, -0.2) is 4.39 Å². The van der Waals surface area contributed by atoms with Crippen molar-refractivity contribution < 1.29 is 28.4 Å². The Hall–Kier alpha value is -4.02. The molecule has 3 heterocycles. The Morgan fingerprint density at radius 1 is 1.21 bits per heavy atom. The number of H-pyrrole nitrogens is 1. The number of rotatable bonds is 9. The summed E-state index contributed by atoms with van der Waals surface area (Å²) in [6.45, 7) is 14.0. The maximum atomic E-state index is 14.3. The van der Waals surface area contributed by atoms with Gasteiger partial charge in [0.05, 0.1) is 6.04 Å². The lowest BCUT2D eigenvalue weighted by Gasteiger charge is -2.38. The van der Waals surface area contributed by atoms with Crippen LogP contribution in [0.15, 0.2) is 36.9 Å². The Balaban J connectivity index is 1.38. The Kier molecular flexibility index (Phi) is 7.73. The van der Waals surface area contributed by atoms with Gasteiger partial charge in [-0.2, -0.15) is 0 Å². The third-order valence-corrected chi connectivity index (χ3v) is 9.55. The maximum absolute atomic E-state index is 14.3. The van der Waals surface area contributed by atoms with E-state index < -0.39 is 58.8 Å². The lowest BCUT2D eigenvalue weighted by molar-refractivity contribution is -0.144.